The molecule has 0 spiro atoms. The first kappa shape index (κ1) is 16.1. The van der Waals surface area contributed by atoms with Crippen LogP contribution >= 0.6 is 8.25 Å². The molecule has 0 amide bonds. The van der Waals surface area contributed by atoms with Crippen LogP contribution in [0, 0.1) is 11.8 Å². The van der Waals surface area contributed by atoms with E-state index in [9.17, 15) is 14.3 Å². The summed E-state index contributed by atoms with van der Waals surface area (Å²) in [6.07, 6.45) is -1.36. The zero-order valence-corrected chi connectivity index (χ0v) is 9.33. The molecule has 0 saturated carbocycles. The first-order valence-electron chi connectivity index (χ1n) is 3.61. The van der Waals surface area contributed by atoms with Crippen molar-refractivity contribution in [2.75, 3.05) is 0 Å². The van der Waals surface area contributed by atoms with Gasteiger partial charge in [-0.3, -0.25) is 4.57 Å². The zero-order chi connectivity index (χ0) is 10.3. The van der Waals surface area contributed by atoms with Gasteiger partial charge in [-0.05, 0) is 13.3 Å². The Morgan fingerprint density at radius 1 is 1.64 bits per heavy atom. The topological polar surface area (TPSA) is 75.7 Å². The summed E-state index contributed by atoms with van der Waals surface area (Å²) >= 11 is 0. The maximum absolute atomic E-state index is 10.6. The van der Waals surface area contributed by atoms with Gasteiger partial charge in [-0.1, -0.05) is 12.8 Å². The van der Waals surface area contributed by atoms with Gasteiger partial charge in [0, 0.05) is 0 Å². The van der Waals surface area contributed by atoms with Gasteiger partial charge in [0.15, 0.2) is 14.4 Å². The number of carbonyl (C=O) groups excluding carboxylic acids is 1. The minimum absolute atomic E-state index is 0. The first-order chi connectivity index (χ1) is 6.10. The van der Waals surface area contributed by atoms with Crippen molar-refractivity contribution in [3.63, 3.8) is 0 Å². The molecule has 0 N–H and O–H groups in total. The summed E-state index contributed by atoms with van der Waals surface area (Å²) in [5, 5.41) is 0. The Kier molecular flexibility index (Phi) is 10.5. The Hall–Kier alpha value is -0.383. The molecule has 0 radical (unpaired) electrons. The minimum Gasteiger partial charge on any atom is -0.771 e. The molecule has 0 aromatic heterocycles. The molecule has 2 unspecified atom stereocenters. The third kappa shape index (κ3) is 8.23. The van der Waals surface area contributed by atoms with Crippen LogP contribution in [0.2, 0.25) is 0 Å². The monoisotopic (exact) mass is 212 g/mol. The molecule has 0 heterocycles. The van der Waals surface area contributed by atoms with Crippen LogP contribution in [0.5, 0.6) is 0 Å². The van der Waals surface area contributed by atoms with Crippen molar-refractivity contribution in [2.24, 2.45) is 0 Å². The number of carbonyl (C=O) groups is 1. The smallest absolute Gasteiger partial charge is 0.771 e. The molecule has 0 aliphatic carbocycles. The summed E-state index contributed by atoms with van der Waals surface area (Å²) in [5.74, 6) is 5.12. The van der Waals surface area contributed by atoms with Crippen LogP contribution in [0.25, 0.3) is 0 Å². The minimum atomic E-state index is -3.52. The quantitative estimate of drug-likeness (QED) is 0.227. The maximum Gasteiger partial charge on any atom is 1.00 e. The predicted octanol–water partition coefficient (Wildman–Crippen LogP) is -2.30. The molecule has 0 bridgehead atoms. The molecule has 0 aromatic rings. The normalized spacial score (nSPS) is 12.5. The van der Waals surface area contributed by atoms with Crippen molar-refractivity contribution in [3.8, 4) is 11.8 Å². The second-order valence-electron chi connectivity index (χ2n) is 2.01. The summed E-state index contributed by atoms with van der Waals surface area (Å²) < 4.78 is 18.3. The van der Waals surface area contributed by atoms with Gasteiger partial charge < -0.3 is 14.2 Å². The van der Waals surface area contributed by atoms with Crippen molar-refractivity contribution in [2.45, 2.75) is 26.4 Å². The van der Waals surface area contributed by atoms with E-state index in [1.54, 1.807) is 13.8 Å². The van der Waals surface area contributed by atoms with Crippen LogP contribution in [-0.2, 0) is 13.8 Å². The van der Waals surface area contributed by atoms with Gasteiger partial charge >= 0.3 is 25.0 Å². The van der Waals surface area contributed by atoms with Crippen LogP contribution in [-0.4, -0.2) is 12.3 Å². The Bertz CT molecular complexity index is 257. The molecular formula is C7H10LiO5P. The van der Waals surface area contributed by atoms with E-state index >= 15 is 0 Å². The summed E-state index contributed by atoms with van der Waals surface area (Å²) in [6.45, 7) is 3.34. The number of hydrogen-bond acceptors (Lipinski definition) is 5. The average Bonchev–Trinajstić information content (AvgIpc) is 2.02. The van der Waals surface area contributed by atoms with E-state index in [1.807, 2.05) is 0 Å². The van der Waals surface area contributed by atoms with E-state index in [0.29, 0.717) is 6.42 Å². The summed E-state index contributed by atoms with van der Waals surface area (Å²) in [6, 6.07) is 0. The molecule has 0 aliphatic heterocycles. The van der Waals surface area contributed by atoms with Gasteiger partial charge in [0.1, 0.15) is 0 Å². The summed E-state index contributed by atoms with van der Waals surface area (Å²) in [4.78, 5) is 20.6. The third-order valence-corrected chi connectivity index (χ3v) is 1.41. The van der Waals surface area contributed by atoms with Gasteiger partial charge in [0.2, 0.25) is 0 Å². The van der Waals surface area contributed by atoms with Crippen molar-refractivity contribution in [1.82, 2.24) is 0 Å². The number of hydrogen-bond donors (Lipinski definition) is 0. The Morgan fingerprint density at radius 3 is 2.57 bits per heavy atom. The fraction of sp³-hybridized carbons (Fsp3) is 0.571. The van der Waals surface area contributed by atoms with Crippen LogP contribution in [0.1, 0.15) is 20.3 Å². The second kappa shape index (κ2) is 9.18. The van der Waals surface area contributed by atoms with Gasteiger partial charge in [0.05, 0.1) is 0 Å². The fourth-order valence-electron chi connectivity index (χ4n) is 0.584. The summed E-state index contributed by atoms with van der Waals surface area (Å²) in [5.41, 5.74) is 0. The molecule has 14 heavy (non-hydrogen) atoms. The molecule has 0 rings (SSSR count). The third-order valence-electron chi connectivity index (χ3n) is 1.08. The van der Waals surface area contributed by atoms with Gasteiger partial charge in [-0.15, -0.1) is 5.92 Å². The molecule has 5 nitrogen and oxygen atoms in total. The molecule has 0 aliphatic rings. The fourth-order valence-corrected chi connectivity index (χ4v) is 0.768. The van der Waals surface area contributed by atoms with Crippen LogP contribution in [0.15, 0.2) is 0 Å². The first-order valence-corrected chi connectivity index (χ1v) is 4.84. The standard InChI is InChI=1S/C7H11O5P.Li/c1-3-5-6(4-2)11-7(8)12-13(9)10;/h6,13H,4H2,1-2H3,(H,9,10);/q;+1/p-1. The molecular weight excluding hydrogens is 202 g/mol. The molecule has 2 atom stereocenters. The molecule has 0 saturated heterocycles. The summed E-state index contributed by atoms with van der Waals surface area (Å²) in [7, 11) is -3.52. The van der Waals surface area contributed by atoms with Crippen LogP contribution < -0.4 is 23.8 Å². The van der Waals surface area contributed by atoms with Crippen molar-refractivity contribution in [3.05, 3.63) is 0 Å². The van der Waals surface area contributed by atoms with Crippen molar-refractivity contribution >= 4 is 14.4 Å². The second-order valence-corrected chi connectivity index (χ2v) is 2.72. The zero-order valence-electron chi connectivity index (χ0n) is 8.33. The van der Waals surface area contributed by atoms with Crippen LogP contribution in [0.4, 0.5) is 4.79 Å². The SMILES string of the molecule is CC#CC(CC)OC(=O)O[PH](=O)[O-].[Li+]. The molecule has 0 fully saturated rings. The molecule has 7 heteroatoms. The van der Waals surface area contributed by atoms with E-state index < -0.39 is 20.5 Å². The molecule has 0 aromatic carbocycles. The predicted molar refractivity (Wildman–Crippen MR) is 44.1 cm³/mol. The Morgan fingerprint density at radius 2 is 2.21 bits per heavy atom. The van der Waals surface area contributed by atoms with E-state index in [2.05, 4.69) is 21.1 Å². The number of ether oxygens (including phenoxy) is 1. The molecule has 74 valence electrons. The van der Waals surface area contributed by atoms with E-state index in [4.69, 9.17) is 0 Å². The maximum atomic E-state index is 10.6. The Balaban J connectivity index is 0. The van der Waals surface area contributed by atoms with Gasteiger partial charge in [0.25, 0.3) is 0 Å². The van der Waals surface area contributed by atoms with E-state index in [-0.39, 0.29) is 18.9 Å². The van der Waals surface area contributed by atoms with E-state index in [1.165, 1.54) is 0 Å². The van der Waals surface area contributed by atoms with Crippen molar-refractivity contribution < 1.29 is 42.4 Å². The Labute approximate surface area is 95.3 Å². The van der Waals surface area contributed by atoms with Crippen molar-refractivity contribution in [1.29, 1.82) is 0 Å². The van der Waals surface area contributed by atoms with Gasteiger partial charge in [-0.2, -0.15) is 0 Å². The largest absolute Gasteiger partial charge is 1.00 e. The average molecular weight is 212 g/mol. The van der Waals surface area contributed by atoms with E-state index in [0.717, 1.165) is 0 Å². The van der Waals surface area contributed by atoms with Crippen LogP contribution in [0.3, 0.4) is 0 Å². The van der Waals surface area contributed by atoms with Gasteiger partial charge in [-0.25, -0.2) is 4.79 Å². The number of rotatable bonds is 3.